The largest absolute Gasteiger partial charge is 0.396 e. The van der Waals surface area contributed by atoms with E-state index in [2.05, 4.69) is 5.32 Å². The van der Waals surface area contributed by atoms with Crippen LogP contribution in [-0.4, -0.2) is 12.5 Å². The maximum Gasteiger partial charge on any atom is 0.257 e. The zero-order valence-corrected chi connectivity index (χ0v) is 10.7. The third kappa shape index (κ3) is 3.22. The van der Waals surface area contributed by atoms with Gasteiger partial charge in [0.1, 0.15) is 11.4 Å². The summed E-state index contributed by atoms with van der Waals surface area (Å²) < 4.78 is 27.1. The monoisotopic (exact) mass is 268 g/mol. The molecule has 0 atom stereocenters. The van der Waals surface area contributed by atoms with Crippen LogP contribution in [0.2, 0.25) is 0 Å². The Bertz CT molecular complexity index is 471. The predicted octanol–water partition coefficient (Wildman–Crippen LogP) is 2.86. The molecule has 5 heteroatoms. The summed E-state index contributed by atoms with van der Waals surface area (Å²) in [5.41, 5.74) is 4.54. The number of rotatable bonds is 3. The van der Waals surface area contributed by atoms with Crippen molar-refractivity contribution >= 4 is 11.6 Å². The fraction of sp³-hybridized carbons (Fsp3) is 0.500. The van der Waals surface area contributed by atoms with Crippen LogP contribution in [0.1, 0.15) is 42.5 Å². The van der Waals surface area contributed by atoms with Gasteiger partial charge in [-0.2, -0.15) is 0 Å². The smallest absolute Gasteiger partial charge is 0.257 e. The van der Waals surface area contributed by atoms with Crippen molar-refractivity contribution in [2.24, 2.45) is 5.92 Å². The van der Waals surface area contributed by atoms with E-state index in [1.165, 1.54) is 6.42 Å². The molecule has 0 saturated heterocycles. The van der Waals surface area contributed by atoms with Gasteiger partial charge >= 0.3 is 0 Å². The number of nitrogen functional groups attached to an aromatic ring is 1. The van der Waals surface area contributed by atoms with Crippen LogP contribution in [0.4, 0.5) is 14.5 Å². The van der Waals surface area contributed by atoms with Crippen LogP contribution in [0.5, 0.6) is 0 Å². The number of carbonyl (C=O) groups excluding carboxylic acids is 1. The first-order valence-electron chi connectivity index (χ1n) is 6.61. The molecule has 1 aliphatic carbocycles. The number of halogens is 2. The Kier molecular flexibility index (Phi) is 4.35. The van der Waals surface area contributed by atoms with Crippen molar-refractivity contribution in [1.82, 2.24) is 5.32 Å². The molecule has 1 aliphatic rings. The molecule has 1 saturated carbocycles. The second-order valence-electron chi connectivity index (χ2n) is 5.04. The number of anilines is 1. The molecule has 0 bridgehead atoms. The summed E-state index contributed by atoms with van der Waals surface area (Å²) >= 11 is 0. The van der Waals surface area contributed by atoms with E-state index < -0.39 is 23.1 Å². The third-order valence-corrected chi connectivity index (χ3v) is 3.62. The molecule has 19 heavy (non-hydrogen) atoms. The first kappa shape index (κ1) is 13.8. The molecule has 1 fully saturated rings. The molecule has 0 aromatic heterocycles. The van der Waals surface area contributed by atoms with Crippen molar-refractivity contribution in [3.63, 3.8) is 0 Å². The molecule has 1 amide bonds. The quantitative estimate of drug-likeness (QED) is 0.828. The lowest BCUT2D eigenvalue weighted by atomic mass is 9.89. The highest BCUT2D eigenvalue weighted by atomic mass is 19.1. The second-order valence-corrected chi connectivity index (χ2v) is 5.04. The van der Waals surface area contributed by atoms with Crippen LogP contribution in [0, 0.1) is 17.6 Å². The molecule has 1 aromatic rings. The molecular formula is C14H18F2N2O. The van der Waals surface area contributed by atoms with Crippen LogP contribution in [0.25, 0.3) is 0 Å². The van der Waals surface area contributed by atoms with Gasteiger partial charge in [0.2, 0.25) is 0 Å². The van der Waals surface area contributed by atoms with E-state index in [1.807, 2.05) is 0 Å². The highest BCUT2D eigenvalue weighted by Gasteiger charge is 2.21. The van der Waals surface area contributed by atoms with Gasteiger partial charge in [0, 0.05) is 6.54 Å². The molecule has 3 nitrogen and oxygen atoms in total. The maximum atomic E-state index is 13.7. The Labute approximate surface area is 111 Å². The van der Waals surface area contributed by atoms with Crippen molar-refractivity contribution in [2.75, 3.05) is 12.3 Å². The zero-order valence-electron chi connectivity index (χ0n) is 10.7. The van der Waals surface area contributed by atoms with Gasteiger partial charge in [0.15, 0.2) is 5.82 Å². The minimum atomic E-state index is -0.985. The van der Waals surface area contributed by atoms with E-state index in [0.29, 0.717) is 12.5 Å². The second kappa shape index (κ2) is 5.99. The van der Waals surface area contributed by atoms with Gasteiger partial charge in [-0.05, 0) is 30.9 Å². The van der Waals surface area contributed by atoms with Crippen LogP contribution < -0.4 is 11.1 Å². The Morgan fingerprint density at radius 2 is 1.95 bits per heavy atom. The number of hydrogen-bond acceptors (Lipinski definition) is 2. The molecule has 3 N–H and O–H groups in total. The lowest BCUT2D eigenvalue weighted by Gasteiger charge is -2.21. The average molecular weight is 268 g/mol. The summed E-state index contributed by atoms with van der Waals surface area (Å²) in [6.07, 6.45) is 5.65. The van der Waals surface area contributed by atoms with Gasteiger partial charge in [-0.1, -0.05) is 19.3 Å². The first-order valence-corrected chi connectivity index (χ1v) is 6.61. The van der Waals surface area contributed by atoms with Crippen molar-refractivity contribution in [1.29, 1.82) is 0 Å². The number of nitrogens with two attached hydrogens (primary N) is 1. The molecule has 0 unspecified atom stereocenters. The topological polar surface area (TPSA) is 55.1 Å². The van der Waals surface area contributed by atoms with Crippen LogP contribution >= 0.6 is 0 Å². The highest BCUT2D eigenvalue weighted by molar-refractivity contribution is 5.95. The summed E-state index contributed by atoms with van der Waals surface area (Å²) in [5.74, 6) is -2.19. The third-order valence-electron chi connectivity index (χ3n) is 3.62. The van der Waals surface area contributed by atoms with E-state index in [9.17, 15) is 13.6 Å². The van der Waals surface area contributed by atoms with Crippen molar-refractivity contribution in [3.8, 4) is 0 Å². The predicted molar refractivity (Wildman–Crippen MR) is 69.7 cm³/mol. The number of carbonyl (C=O) groups is 1. The van der Waals surface area contributed by atoms with Crippen molar-refractivity contribution < 1.29 is 13.6 Å². The van der Waals surface area contributed by atoms with Crippen LogP contribution in [-0.2, 0) is 0 Å². The number of hydrogen-bond donors (Lipinski definition) is 2. The Morgan fingerprint density at radius 1 is 1.26 bits per heavy atom. The van der Waals surface area contributed by atoms with E-state index in [0.717, 1.165) is 37.8 Å². The Morgan fingerprint density at radius 3 is 2.63 bits per heavy atom. The number of benzene rings is 1. The van der Waals surface area contributed by atoms with Gasteiger partial charge in [-0.25, -0.2) is 8.78 Å². The lowest BCUT2D eigenvalue weighted by molar-refractivity contribution is 0.0935. The molecule has 0 radical (unpaired) electrons. The van der Waals surface area contributed by atoms with Crippen molar-refractivity contribution in [2.45, 2.75) is 32.1 Å². The zero-order chi connectivity index (χ0) is 13.8. The fourth-order valence-corrected chi connectivity index (χ4v) is 2.49. The number of nitrogens with one attached hydrogen (secondary N) is 1. The van der Waals surface area contributed by atoms with Gasteiger partial charge in [0.25, 0.3) is 5.91 Å². The summed E-state index contributed by atoms with van der Waals surface area (Å²) in [6.45, 7) is 0.465. The molecule has 0 heterocycles. The van der Waals surface area contributed by atoms with Crippen LogP contribution in [0.3, 0.4) is 0 Å². The molecule has 0 aliphatic heterocycles. The van der Waals surface area contributed by atoms with E-state index in [1.54, 1.807) is 0 Å². The summed E-state index contributed by atoms with van der Waals surface area (Å²) in [6, 6.07) is 2.12. The summed E-state index contributed by atoms with van der Waals surface area (Å²) in [5, 5.41) is 2.60. The fourth-order valence-electron chi connectivity index (χ4n) is 2.49. The first-order chi connectivity index (χ1) is 9.09. The molecular weight excluding hydrogens is 250 g/mol. The SMILES string of the molecule is Nc1ccc(F)c(C(=O)NCC2CCCCC2)c1F. The van der Waals surface area contributed by atoms with E-state index in [4.69, 9.17) is 5.73 Å². The minimum absolute atomic E-state index is 0.218. The lowest BCUT2D eigenvalue weighted by Crippen LogP contribution is -2.31. The Balaban J connectivity index is 2.01. The highest BCUT2D eigenvalue weighted by Crippen LogP contribution is 2.23. The van der Waals surface area contributed by atoms with E-state index >= 15 is 0 Å². The molecule has 2 rings (SSSR count). The molecule has 1 aromatic carbocycles. The number of amides is 1. The summed E-state index contributed by atoms with van der Waals surface area (Å²) in [4.78, 5) is 11.8. The Hall–Kier alpha value is -1.65. The minimum Gasteiger partial charge on any atom is -0.396 e. The van der Waals surface area contributed by atoms with E-state index in [-0.39, 0.29) is 5.69 Å². The summed E-state index contributed by atoms with van der Waals surface area (Å²) in [7, 11) is 0. The van der Waals surface area contributed by atoms with Gasteiger partial charge in [-0.15, -0.1) is 0 Å². The average Bonchev–Trinajstić information content (AvgIpc) is 2.42. The van der Waals surface area contributed by atoms with Gasteiger partial charge < -0.3 is 11.1 Å². The molecule has 0 spiro atoms. The normalized spacial score (nSPS) is 16.3. The van der Waals surface area contributed by atoms with Gasteiger partial charge in [-0.3, -0.25) is 4.79 Å². The standard InChI is InChI=1S/C14H18F2N2O/c15-10-6-7-11(17)13(16)12(10)14(19)18-8-9-4-2-1-3-5-9/h6-7,9H,1-5,8,17H2,(H,18,19). The van der Waals surface area contributed by atoms with Crippen molar-refractivity contribution in [3.05, 3.63) is 29.3 Å². The van der Waals surface area contributed by atoms with Gasteiger partial charge in [0.05, 0.1) is 5.69 Å². The maximum absolute atomic E-state index is 13.7. The molecule has 104 valence electrons. The van der Waals surface area contributed by atoms with Crippen LogP contribution in [0.15, 0.2) is 12.1 Å².